The molecule has 7 nitrogen and oxygen atoms in total. The van der Waals surface area contributed by atoms with Crippen molar-refractivity contribution in [1.82, 2.24) is 15.2 Å². The summed E-state index contributed by atoms with van der Waals surface area (Å²) in [7, 11) is 0. The van der Waals surface area contributed by atoms with Gasteiger partial charge in [-0.3, -0.25) is 9.69 Å². The first-order valence-corrected chi connectivity index (χ1v) is 8.94. The van der Waals surface area contributed by atoms with Gasteiger partial charge in [-0.2, -0.15) is 0 Å². The number of hydrogen-bond donors (Lipinski definition) is 2. The van der Waals surface area contributed by atoms with Crippen molar-refractivity contribution >= 4 is 11.9 Å². The first-order valence-electron chi connectivity index (χ1n) is 8.94. The average molecular weight is 351 g/mol. The Morgan fingerprint density at radius 3 is 2.68 bits per heavy atom. The topological polar surface area (TPSA) is 83.7 Å². The van der Waals surface area contributed by atoms with Gasteiger partial charge in [0.15, 0.2) is 0 Å². The molecule has 140 valence electrons. The zero-order valence-electron chi connectivity index (χ0n) is 15.4. The van der Waals surface area contributed by atoms with Crippen molar-refractivity contribution in [3.63, 3.8) is 0 Å². The fraction of sp³-hybridized carbons (Fsp3) is 0.667. The molecule has 7 heteroatoms. The number of hydrogen-bond acceptors (Lipinski definition) is 5. The van der Waals surface area contributed by atoms with Gasteiger partial charge in [-0.05, 0) is 32.8 Å². The van der Waals surface area contributed by atoms with Crippen molar-refractivity contribution in [2.45, 2.75) is 33.6 Å². The number of carbonyl (C=O) groups excluding carboxylic acids is 2. The van der Waals surface area contributed by atoms with E-state index in [1.165, 1.54) is 0 Å². The van der Waals surface area contributed by atoms with E-state index in [0.29, 0.717) is 31.6 Å². The Kier molecular flexibility index (Phi) is 7.46. The summed E-state index contributed by atoms with van der Waals surface area (Å²) in [5.41, 5.74) is 3.17. The van der Waals surface area contributed by atoms with Crippen LogP contribution in [0.4, 0.5) is 0 Å². The molecule has 0 unspecified atom stereocenters. The maximum absolute atomic E-state index is 12.0. The summed E-state index contributed by atoms with van der Waals surface area (Å²) in [6.07, 6.45) is 0.974. The van der Waals surface area contributed by atoms with E-state index in [2.05, 4.69) is 15.2 Å². The Balaban J connectivity index is 1.77. The second-order valence-corrected chi connectivity index (χ2v) is 6.25. The summed E-state index contributed by atoms with van der Waals surface area (Å²) in [5.74, 6) is -0.285. The molecule has 25 heavy (non-hydrogen) atoms. The number of nitrogens with zero attached hydrogens (tertiary/aromatic N) is 1. The minimum absolute atomic E-state index is 0.0256. The van der Waals surface area contributed by atoms with Crippen LogP contribution < -0.4 is 5.32 Å². The number of aromatic amines is 1. The van der Waals surface area contributed by atoms with Crippen molar-refractivity contribution in [1.29, 1.82) is 0 Å². The number of morpholine rings is 1. The summed E-state index contributed by atoms with van der Waals surface area (Å²) in [6.45, 7) is 10.8. The number of ether oxygens (including phenoxy) is 2. The van der Waals surface area contributed by atoms with Crippen LogP contribution in [-0.2, 0) is 20.7 Å². The monoisotopic (exact) mass is 351 g/mol. The van der Waals surface area contributed by atoms with E-state index in [0.717, 1.165) is 49.8 Å². The van der Waals surface area contributed by atoms with Gasteiger partial charge in [-0.25, -0.2) is 4.79 Å². The lowest BCUT2D eigenvalue weighted by atomic mass is 10.1. The number of H-pyrrole nitrogens is 1. The van der Waals surface area contributed by atoms with Crippen LogP contribution in [0.15, 0.2) is 0 Å². The van der Waals surface area contributed by atoms with Crippen molar-refractivity contribution in [3.8, 4) is 0 Å². The van der Waals surface area contributed by atoms with Gasteiger partial charge >= 0.3 is 5.97 Å². The molecule has 0 radical (unpaired) electrons. The number of aromatic nitrogens is 1. The van der Waals surface area contributed by atoms with E-state index >= 15 is 0 Å². The van der Waals surface area contributed by atoms with E-state index in [-0.39, 0.29) is 11.9 Å². The van der Waals surface area contributed by atoms with Crippen molar-refractivity contribution < 1.29 is 19.1 Å². The van der Waals surface area contributed by atoms with Gasteiger partial charge in [0.25, 0.3) is 0 Å². The zero-order chi connectivity index (χ0) is 18.2. The number of carbonyl (C=O) groups is 2. The lowest BCUT2D eigenvalue weighted by Gasteiger charge is -2.26. The Morgan fingerprint density at radius 1 is 1.28 bits per heavy atom. The Bertz CT molecular complexity index is 591. The molecule has 0 saturated carbocycles. The maximum atomic E-state index is 12.0. The van der Waals surface area contributed by atoms with Gasteiger partial charge in [0, 0.05) is 44.0 Å². The third kappa shape index (κ3) is 5.57. The number of esters is 1. The highest BCUT2D eigenvalue weighted by molar-refractivity contribution is 5.92. The van der Waals surface area contributed by atoms with E-state index in [4.69, 9.17) is 9.47 Å². The molecule has 1 aliphatic heterocycles. The van der Waals surface area contributed by atoms with Gasteiger partial charge in [0.1, 0.15) is 0 Å². The van der Waals surface area contributed by atoms with Crippen LogP contribution in [0, 0.1) is 13.8 Å². The molecule has 0 atom stereocenters. The normalized spacial score (nSPS) is 15.2. The number of aryl methyl sites for hydroxylation is 2. The summed E-state index contributed by atoms with van der Waals surface area (Å²) < 4.78 is 10.4. The quantitative estimate of drug-likeness (QED) is 0.688. The molecular weight excluding hydrogens is 322 g/mol. The SMILES string of the molecule is CCOC(=O)c1c(C)[nH]c(CCC(=O)NCCN2CCOCC2)c1C. The van der Waals surface area contributed by atoms with Crippen LogP contribution in [0.1, 0.15) is 40.7 Å². The molecule has 1 amide bonds. The van der Waals surface area contributed by atoms with Crippen molar-refractivity contribution in [2.75, 3.05) is 46.0 Å². The third-order valence-electron chi connectivity index (χ3n) is 4.48. The minimum atomic E-state index is -0.310. The highest BCUT2D eigenvalue weighted by Gasteiger charge is 2.19. The van der Waals surface area contributed by atoms with Crippen molar-refractivity contribution in [3.05, 3.63) is 22.5 Å². The average Bonchev–Trinajstić information content (AvgIpc) is 2.88. The summed E-state index contributed by atoms with van der Waals surface area (Å²) in [6, 6.07) is 0. The number of nitrogens with one attached hydrogen (secondary N) is 2. The molecule has 2 N–H and O–H groups in total. The molecule has 1 fully saturated rings. The fourth-order valence-corrected chi connectivity index (χ4v) is 3.08. The molecule has 1 aromatic rings. The van der Waals surface area contributed by atoms with E-state index in [9.17, 15) is 9.59 Å². The van der Waals surface area contributed by atoms with Gasteiger partial charge in [0.05, 0.1) is 25.4 Å². The molecular formula is C18H29N3O4. The maximum Gasteiger partial charge on any atom is 0.340 e. The van der Waals surface area contributed by atoms with Crippen LogP contribution in [0.3, 0.4) is 0 Å². The summed E-state index contributed by atoms with van der Waals surface area (Å²) >= 11 is 0. The van der Waals surface area contributed by atoms with Gasteiger partial charge in [-0.1, -0.05) is 0 Å². The van der Waals surface area contributed by atoms with Gasteiger partial charge < -0.3 is 19.8 Å². The third-order valence-corrected chi connectivity index (χ3v) is 4.48. The predicted molar refractivity (Wildman–Crippen MR) is 94.8 cm³/mol. The lowest BCUT2D eigenvalue weighted by Crippen LogP contribution is -2.41. The second kappa shape index (κ2) is 9.58. The van der Waals surface area contributed by atoms with Crippen LogP contribution >= 0.6 is 0 Å². The zero-order valence-corrected chi connectivity index (χ0v) is 15.4. The first kappa shape index (κ1) is 19.5. The van der Waals surface area contributed by atoms with Gasteiger partial charge in [-0.15, -0.1) is 0 Å². The minimum Gasteiger partial charge on any atom is -0.462 e. The summed E-state index contributed by atoms with van der Waals surface area (Å²) in [5, 5.41) is 2.96. The number of amides is 1. The summed E-state index contributed by atoms with van der Waals surface area (Å²) in [4.78, 5) is 29.5. The smallest absolute Gasteiger partial charge is 0.340 e. The van der Waals surface area contributed by atoms with Crippen LogP contribution in [0.2, 0.25) is 0 Å². The molecule has 0 bridgehead atoms. The van der Waals surface area contributed by atoms with E-state index in [1.54, 1.807) is 6.92 Å². The molecule has 0 spiro atoms. The molecule has 1 aliphatic rings. The van der Waals surface area contributed by atoms with E-state index in [1.807, 2.05) is 13.8 Å². The molecule has 1 saturated heterocycles. The molecule has 0 aliphatic carbocycles. The highest BCUT2D eigenvalue weighted by Crippen LogP contribution is 2.20. The Hall–Kier alpha value is -1.86. The lowest BCUT2D eigenvalue weighted by molar-refractivity contribution is -0.121. The Morgan fingerprint density at radius 2 is 2.00 bits per heavy atom. The largest absolute Gasteiger partial charge is 0.462 e. The molecule has 2 rings (SSSR count). The van der Waals surface area contributed by atoms with Crippen LogP contribution in [-0.4, -0.2) is 67.8 Å². The van der Waals surface area contributed by atoms with Crippen LogP contribution in [0.5, 0.6) is 0 Å². The van der Waals surface area contributed by atoms with Crippen molar-refractivity contribution in [2.24, 2.45) is 0 Å². The molecule has 0 aromatic carbocycles. The van der Waals surface area contributed by atoms with Gasteiger partial charge in [0.2, 0.25) is 5.91 Å². The first-order chi connectivity index (χ1) is 12.0. The fourth-order valence-electron chi connectivity index (χ4n) is 3.08. The predicted octanol–water partition coefficient (Wildman–Crippen LogP) is 1.19. The Labute approximate surface area is 149 Å². The van der Waals surface area contributed by atoms with Crippen LogP contribution in [0.25, 0.3) is 0 Å². The number of rotatable bonds is 8. The second-order valence-electron chi connectivity index (χ2n) is 6.25. The van der Waals surface area contributed by atoms with E-state index < -0.39 is 0 Å². The molecule has 1 aromatic heterocycles. The highest BCUT2D eigenvalue weighted by atomic mass is 16.5. The standard InChI is InChI=1S/C18H29N3O4/c1-4-25-18(23)17-13(2)15(20-14(17)3)5-6-16(22)19-7-8-21-9-11-24-12-10-21/h20H,4-12H2,1-3H3,(H,19,22). The molecule has 2 heterocycles.